The predicted molar refractivity (Wildman–Crippen MR) is 102 cm³/mol. The summed E-state index contributed by atoms with van der Waals surface area (Å²) in [7, 11) is 3.17. The number of aromatic nitrogens is 2. The molecular weight excluding hydrogens is 358 g/mol. The maximum atomic E-state index is 12.4. The van der Waals surface area contributed by atoms with Gasteiger partial charge in [-0.3, -0.25) is 4.79 Å². The third-order valence-corrected chi connectivity index (χ3v) is 4.88. The van der Waals surface area contributed by atoms with Gasteiger partial charge in [-0.25, -0.2) is 0 Å². The van der Waals surface area contributed by atoms with E-state index in [4.69, 9.17) is 14.0 Å². The Morgan fingerprint density at radius 1 is 1.14 bits per heavy atom. The molecule has 0 N–H and O–H groups in total. The zero-order valence-corrected chi connectivity index (χ0v) is 15.8. The molecule has 1 unspecified atom stereocenters. The third kappa shape index (κ3) is 3.55. The minimum absolute atomic E-state index is 0.0852. The standard InChI is InChI=1S/C21H21N3O4/c1-26-16-8-9-17(18(11-16)27-2)21-22-20(23-28-21)15-10-19(25)24(13-15)12-14-6-4-3-5-7-14/h3-9,11,15H,10,12-13H2,1-2H3. The second kappa shape index (κ2) is 7.72. The summed E-state index contributed by atoms with van der Waals surface area (Å²) in [6, 6.07) is 15.3. The van der Waals surface area contributed by atoms with Gasteiger partial charge in [-0.05, 0) is 17.7 Å². The van der Waals surface area contributed by atoms with Crippen LogP contribution in [0.25, 0.3) is 11.5 Å². The van der Waals surface area contributed by atoms with Crippen molar-refractivity contribution in [3.8, 4) is 23.0 Å². The molecule has 1 saturated heterocycles. The number of carbonyl (C=O) groups is 1. The molecule has 3 aromatic rings. The number of ether oxygens (including phenoxy) is 2. The summed E-state index contributed by atoms with van der Waals surface area (Å²) in [5.41, 5.74) is 1.79. The van der Waals surface area contributed by atoms with Gasteiger partial charge in [0, 0.05) is 31.5 Å². The fourth-order valence-corrected chi connectivity index (χ4v) is 3.39. The summed E-state index contributed by atoms with van der Waals surface area (Å²) >= 11 is 0. The Labute approximate surface area is 162 Å². The van der Waals surface area contributed by atoms with Crippen LogP contribution < -0.4 is 9.47 Å². The quantitative estimate of drug-likeness (QED) is 0.654. The van der Waals surface area contributed by atoms with Crippen molar-refractivity contribution >= 4 is 5.91 Å². The maximum absolute atomic E-state index is 12.4. The summed E-state index contributed by atoms with van der Waals surface area (Å²) in [4.78, 5) is 18.8. The molecule has 4 rings (SSSR count). The molecular formula is C21H21N3O4. The molecule has 144 valence electrons. The van der Waals surface area contributed by atoms with Crippen molar-refractivity contribution in [1.29, 1.82) is 0 Å². The Kier molecular flexibility index (Phi) is 4.97. The molecule has 1 fully saturated rings. The van der Waals surface area contributed by atoms with E-state index in [1.165, 1.54) is 0 Å². The van der Waals surface area contributed by atoms with Crippen molar-refractivity contribution in [3.63, 3.8) is 0 Å². The first kappa shape index (κ1) is 18.0. The van der Waals surface area contributed by atoms with Gasteiger partial charge in [0.1, 0.15) is 11.5 Å². The highest BCUT2D eigenvalue weighted by Crippen LogP contribution is 2.34. The van der Waals surface area contributed by atoms with Crippen LogP contribution in [0.2, 0.25) is 0 Å². The fraction of sp³-hybridized carbons (Fsp3) is 0.286. The van der Waals surface area contributed by atoms with Gasteiger partial charge in [0.2, 0.25) is 5.91 Å². The van der Waals surface area contributed by atoms with E-state index in [0.717, 1.165) is 5.56 Å². The van der Waals surface area contributed by atoms with Crippen LogP contribution in [0.1, 0.15) is 23.7 Å². The van der Waals surface area contributed by atoms with E-state index in [2.05, 4.69) is 10.1 Å². The monoisotopic (exact) mass is 379 g/mol. The number of methoxy groups -OCH3 is 2. The SMILES string of the molecule is COc1ccc(-c2nc(C3CC(=O)N(Cc4ccccc4)C3)no2)c(OC)c1. The lowest BCUT2D eigenvalue weighted by Crippen LogP contribution is -2.24. The predicted octanol–water partition coefficient (Wildman–Crippen LogP) is 3.27. The Hall–Kier alpha value is -3.35. The first-order chi connectivity index (χ1) is 13.7. The molecule has 1 aromatic heterocycles. The highest BCUT2D eigenvalue weighted by molar-refractivity contribution is 5.79. The van der Waals surface area contributed by atoms with Gasteiger partial charge in [0.15, 0.2) is 5.82 Å². The molecule has 1 aliphatic heterocycles. The summed E-state index contributed by atoms with van der Waals surface area (Å²) in [6.45, 7) is 1.17. The number of hydrogen-bond acceptors (Lipinski definition) is 6. The molecule has 2 aromatic carbocycles. The van der Waals surface area contributed by atoms with Gasteiger partial charge in [0.05, 0.1) is 19.8 Å². The van der Waals surface area contributed by atoms with E-state index in [1.54, 1.807) is 20.3 Å². The molecule has 0 bridgehead atoms. The van der Waals surface area contributed by atoms with E-state index >= 15 is 0 Å². The van der Waals surface area contributed by atoms with Crippen LogP contribution in [0.4, 0.5) is 0 Å². The van der Waals surface area contributed by atoms with E-state index in [9.17, 15) is 4.79 Å². The van der Waals surface area contributed by atoms with E-state index in [0.29, 0.717) is 48.3 Å². The van der Waals surface area contributed by atoms with Crippen LogP contribution in [0.5, 0.6) is 11.5 Å². The van der Waals surface area contributed by atoms with Crippen molar-refractivity contribution in [2.24, 2.45) is 0 Å². The van der Waals surface area contributed by atoms with Crippen molar-refractivity contribution in [2.45, 2.75) is 18.9 Å². The number of rotatable bonds is 6. The van der Waals surface area contributed by atoms with Crippen LogP contribution in [-0.2, 0) is 11.3 Å². The number of nitrogens with zero attached hydrogens (tertiary/aromatic N) is 3. The number of amides is 1. The normalized spacial score (nSPS) is 16.4. The zero-order valence-electron chi connectivity index (χ0n) is 15.8. The second-order valence-corrected chi connectivity index (χ2v) is 6.68. The highest BCUT2D eigenvalue weighted by atomic mass is 16.5. The largest absolute Gasteiger partial charge is 0.497 e. The topological polar surface area (TPSA) is 77.7 Å². The Morgan fingerprint density at radius 3 is 2.71 bits per heavy atom. The fourth-order valence-electron chi connectivity index (χ4n) is 3.39. The van der Waals surface area contributed by atoms with Gasteiger partial charge < -0.3 is 18.9 Å². The van der Waals surface area contributed by atoms with E-state index in [-0.39, 0.29) is 11.8 Å². The molecule has 1 amide bonds. The third-order valence-electron chi connectivity index (χ3n) is 4.88. The summed E-state index contributed by atoms with van der Waals surface area (Å²) in [6.07, 6.45) is 0.381. The average Bonchev–Trinajstić information content (AvgIpc) is 3.35. The number of likely N-dealkylation sites (tertiary alicyclic amines) is 1. The lowest BCUT2D eigenvalue weighted by Gasteiger charge is -2.15. The van der Waals surface area contributed by atoms with Crippen LogP contribution in [0.3, 0.4) is 0 Å². The molecule has 7 nitrogen and oxygen atoms in total. The van der Waals surface area contributed by atoms with Crippen molar-refractivity contribution in [3.05, 3.63) is 59.9 Å². The second-order valence-electron chi connectivity index (χ2n) is 6.68. The van der Waals surface area contributed by atoms with Gasteiger partial charge in [0.25, 0.3) is 5.89 Å². The van der Waals surface area contributed by atoms with Crippen LogP contribution in [-0.4, -0.2) is 41.7 Å². The smallest absolute Gasteiger partial charge is 0.261 e. The first-order valence-electron chi connectivity index (χ1n) is 9.05. The Morgan fingerprint density at radius 2 is 1.96 bits per heavy atom. The van der Waals surface area contributed by atoms with Gasteiger partial charge in [-0.15, -0.1) is 0 Å². The molecule has 7 heteroatoms. The van der Waals surface area contributed by atoms with Crippen molar-refractivity contribution in [1.82, 2.24) is 15.0 Å². The molecule has 2 heterocycles. The number of carbonyl (C=O) groups excluding carboxylic acids is 1. The van der Waals surface area contributed by atoms with Crippen LogP contribution in [0, 0.1) is 0 Å². The first-order valence-corrected chi connectivity index (χ1v) is 9.05. The Bertz CT molecular complexity index is 971. The summed E-state index contributed by atoms with van der Waals surface area (Å²) in [5.74, 6) is 2.18. The van der Waals surface area contributed by atoms with E-state index < -0.39 is 0 Å². The van der Waals surface area contributed by atoms with Crippen LogP contribution >= 0.6 is 0 Å². The van der Waals surface area contributed by atoms with Gasteiger partial charge in [-0.1, -0.05) is 35.5 Å². The Balaban J connectivity index is 1.51. The van der Waals surface area contributed by atoms with Crippen LogP contribution in [0.15, 0.2) is 53.1 Å². The maximum Gasteiger partial charge on any atom is 0.261 e. The molecule has 28 heavy (non-hydrogen) atoms. The number of benzene rings is 2. The number of hydrogen-bond donors (Lipinski definition) is 0. The van der Waals surface area contributed by atoms with E-state index in [1.807, 2.05) is 47.4 Å². The molecule has 1 aliphatic rings. The molecule has 1 atom stereocenters. The molecule has 0 spiro atoms. The molecule has 0 aliphatic carbocycles. The molecule has 0 radical (unpaired) electrons. The van der Waals surface area contributed by atoms with Crippen molar-refractivity contribution in [2.75, 3.05) is 20.8 Å². The lowest BCUT2D eigenvalue weighted by molar-refractivity contribution is -0.128. The lowest BCUT2D eigenvalue weighted by atomic mass is 10.1. The van der Waals surface area contributed by atoms with Gasteiger partial charge in [-0.2, -0.15) is 4.98 Å². The average molecular weight is 379 g/mol. The zero-order chi connectivity index (χ0) is 19.5. The van der Waals surface area contributed by atoms with Gasteiger partial charge >= 0.3 is 0 Å². The minimum Gasteiger partial charge on any atom is -0.497 e. The highest BCUT2D eigenvalue weighted by Gasteiger charge is 2.34. The minimum atomic E-state index is -0.0852. The molecule has 0 saturated carbocycles. The van der Waals surface area contributed by atoms with Crippen molar-refractivity contribution < 1.29 is 18.8 Å². The summed E-state index contributed by atoms with van der Waals surface area (Å²) in [5, 5.41) is 4.12. The summed E-state index contributed by atoms with van der Waals surface area (Å²) < 4.78 is 16.1.